The molecule has 0 aliphatic carbocycles. The Labute approximate surface area is 98.9 Å². The number of fused-ring (bicyclic) bond motifs is 1. The van der Waals surface area contributed by atoms with Gasteiger partial charge in [-0.05, 0) is 12.1 Å². The summed E-state index contributed by atoms with van der Waals surface area (Å²) in [4.78, 5) is 11.0. The molecular formula is C12H14O5. The minimum absolute atomic E-state index is 0.104. The number of carbonyl (C=O) groups excluding carboxylic acids is 1. The van der Waals surface area contributed by atoms with E-state index in [1.807, 2.05) is 12.1 Å². The Balaban J connectivity index is 2.00. The molecule has 2 atom stereocenters. The van der Waals surface area contributed by atoms with Gasteiger partial charge in [0.25, 0.3) is 0 Å². The first-order chi connectivity index (χ1) is 8.20. The maximum atomic E-state index is 11.0. The smallest absolute Gasteiger partial charge is 0.308 e. The van der Waals surface area contributed by atoms with Gasteiger partial charge >= 0.3 is 5.97 Å². The molecule has 1 N–H and O–H groups in total. The molecular weight excluding hydrogens is 224 g/mol. The summed E-state index contributed by atoms with van der Waals surface area (Å²) < 4.78 is 15.5. The van der Waals surface area contributed by atoms with Crippen LogP contribution in [0.5, 0.6) is 11.5 Å². The van der Waals surface area contributed by atoms with Gasteiger partial charge < -0.3 is 19.3 Å². The largest absolute Gasteiger partial charge is 0.486 e. The molecule has 1 aromatic carbocycles. The average Bonchev–Trinajstić information content (AvgIpc) is 2.38. The van der Waals surface area contributed by atoms with Crippen molar-refractivity contribution in [2.75, 3.05) is 13.7 Å². The Morgan fingerprint density at radius 3 is 2.94 bits per heavy atom. The number of benzene rings is 1. The van der Waals surface area contributed by atoms with Crippen LogP contribution >= 0.6 is 0 Å². The fourth-order valence-corrected chi connectivity index (χ4v) is 1.61. The van der Waals surface area contributed by atoms with Gasteiger partial charge in [0.2, 0.25) is 0 Å². The van der Waals surface area contributed by atoms with Crippen LogP contribution in [0.1, 0.15) is 6.42 Å². The number of hydrogen-bond donors (Lipinski definition) is 1. The second-order valence-corrected chi connectivity index (χ2v) is 3.76. The zero-order chi connectivity index (χ0) is 12.3. The zero-order valence-corrected chi connectivity index (χ0v) is 9.46. The normalized spacial score (nSPS) is 19.5. The maximum absolute atomic E-state index is 11.0. The number of aliphatic hydroxyl groups is 1. The maximum Gasteiger partial charge on any atom is 0.308 e. The number of para-hydroxylation sites is 2. The molecule has 17 heavy (non-hydrogen) atoms. The van der Waals surface area contributed by atoms with E-state index in [2.05, 4.69) is 4.74 Å². The summed E-state index contributed by atoms with van der Waals surface area (Å²) in [5.41, 5.74) is 0. The van der Waals surface area contributed by atoms with E-state index in [1.54, 1.807) is 12.1 Å². The van der Waals surface area contributed by atoms with Crippen LogP contribution < -0.4 is 9.47 Å². The summed E-state index contributed by atoms with van der Waals surface area (Å²) in [6.07, 6.45) is -1.59. The molecule has 0 saturated carbocycles. The van der Waals surface area contributed by atoms with Gasteiger partial charge in [-0.3, -0.25) is 4.79 Å². The lowest BCUT2D eigenvalue weighted by Gasteiger charge is -2.29. The predicted molar refractivity (Wildman–Crippen MR) is 59.0 cm³/mol. The average molecular weight is 238 g/mol. The molecule has 0 radical (unpaired) electrons. The van der Waals surface area contributed by atoms with Gasteiger partial charge in [-0.15, -0.1) is 0 Å². The molecule has 0 fully saturated rings. The van der Waals surface area contributed by atoms with Crippen molar-refractivity contribution in [2.45, 2.75) is 18.6 Å². The first-order valence-electron chi connectivity index (χ1n) is 5.34. The van der Waals surface area contributed by atoms with Crippen LogP contribution in [-0.4, -0.2) is 37.0 Å². The van der Waals surface area contributed by atoms with E-state index < -0.39 is 18.2 Å². The highest BCUT2D eigenvalue weighted by atomic mass is 16.6. The molecule has 1 heterocycles. The SMILES string of the molecule is COC(=O)C[C@@H](O)C1COc2ccccc2O1. The molecule has 1 aromatic rings. The monoisotopic (exact) mass is 238 g/mol. The summed E-state index contributed by atoms with van der Waals surface area (Å²) in [7, 11) is 1.28. The third-order valence-corrected chi connectivity index (χ3v) is 2.56. The van der Waals surface area contributed by atoms with E-state index in [0.29, 0.717) is 11.5 Å². The van der Waals surface area contributed by atoms with Crippen LogP contribution in [-0.2, 0) is 9.53 Å². The number of aliphatic hydroxyl groups excluding tert-OH is 1. The number of esters is 1. The van der Waals surface area contributed by atoms with E-state index in [-0.39, 0.29) is 13.0 Å². The fourth-order valence-electron chi connectivity index (χ4n) is 1.61. The molecule has 5 heteroatoms. The van der Waals surface area contributed by atoms with Crippen LogP contribution in [0.3, 0.4) is 0 Å². The third-order valence-electron chi connectivity index (χ3n) is 2.56. The van der Waals surface area contributed by atoms with Crippen molar-refractivity contribution in [3.63, 3.8) is 0 Å². The van der Waals surface area contributed by atoms with E-state index >= 15 is 0 Å². The van der Waals surface area contributed by atoms with Crippen LogP contribution in [0, 0.1) is 0 Å². The molecule has 92 valence electrons. The Morgan fingerprint density at radius 1 is 1.53 bits per heavy atom. The summed E-state index contributed by atoms with van der Waals surface area (Å²) in [6, 6.07) is 7.20. The minimum Gasteiger partial charge on any atom is -0.486 e. The van der Waals surface area contributed by atoms with Crippen molar-refractivity contribution >= 4 is 5.97 Å². The third kappa shape index (κ3) is 2.68. The van der Waals surface area contributed by atoms with Crippen molar-refractivity contribution in [2.24, 2.45) is 0 Å². The summed E-state index contributed by atoms with van der Waals surface area (Å²) in [5.74, 6) is 0.752. The van der Waals surface area contributed by atoms with E-state index in [4.69, 9.17) is 9.47 Å². The fraction of sp³-hybridized carbons (Fsp3) is 0.417. The van der Waals surface area contributed by atoms with Crippen molar-refractivity contribution in [3.05, 3.63) is 24.3 Å². The summed E-state index contributed by atoms with van der Waals surface area (Å²) in [6.45, 7) is 0.217. The highest BCUT2D eigenvalue weighted by molar-refractivity contribution is 5.69. The second kappa shape index (κ2) is 5.05. The van der Waals surface area contributed by atoms with E-state index in [9.17, 15) is 9.90 Å². The van der Waals surface area contributed by atoms with Crippen LogP contribution in [0.15, 0.2) is 24.3 Å². The molecule has 2 rings (SSSR count). The van der Waals surface area contributed by atoms with Gasteiger partial charge in [-0.1, -0.05) is 12.1 Å². The van der Waals surface area contributed by atoms with E-state index in [0.717, 1.165) is 0 Å². The molecule has 0 spiro atoms. The topological polar surface area (TPSA) is 65.0 Å². The zero-order valence-electron chi connectivity index (χ0n) is 9.46. The Hall–Kier alpha value is -1.75. The standard InChI is InChI=1S/C12H14O5/c1-15-12(14)6-8(13)11-7-16-9-4-2-3-5-10(9)17-11/h2-5,8,11,13H,6-7H2,1H3/t8-,11?/m1/s1. The second-order valence-electron chi connectivity index (χ2n) is 3.76. The first kappa shape index (κ1) is 11.7. The first-order valence-corrected chi connectivity index (χ1v) is 5.34. The number of methoxy groups -OCH3 is 1. The van der Waals surface area contributed by atoms with Gasteiger partial charge in [-0.25, -0.2) is 0 Å². The molecule has 0 amide bonds. The quantitative estimate of drug-likeness (QED) is 0.787. The van der Waals surface area contributed by atoms with E-state index in [1.165, 1.54) is 7.11 Å². The van der Waals surface area contributed by atoms with Crippen LogP contribution in [0.25, 0.3) is 0 Å². The van der Waals surface area contributed by atoms with Crippen LogP contribution in [0.2, 0.25) is 0 Å². The number of rotatable bonds is 3. The van der Waals surface area contributed by atoms with Crippen molar-refractivity contribution in [1.29, 1.82) is 0 Å². The highest BCUT2D eigenvalue weighted by Crippen LogP contribution is 2.31. The number of ether oxygens (including phenoxy) is 3. The predicted octanol–water partition coefficient (Wildman–Crippen LogP) is 0.750. The Kier molecular flexibility index (Phi) is 3.49. The molecule has 0 saturated heterocycles. The molecule has 0 bridgehead atoms. The van der Waals surface area contributed by atoms with Gasteiger partial charge in [-0.2, -0.15) is 0 Å². The molecule has 0 aromatic heterocycles. The summed E-state index contributed by atoms with van der Waals surface area (Å²) in [5, 5.41) is 9.80. The molecule has 1 aliphatic heterocycles. The minimum atomic E-state index is -0.934. The molecule has 1 aliphatic rings. The molecule has 1 unspecified atom stereocenters. The Bertz CT molecular complexity index is 404. The van der Waals surface area contributed by atoms with Crippen molar-refractivity contribution in [3.8, 4) is 11.5 Å². The number of carbonyl (C=O) groups is 1. The van der Waals surface area contributed by atoms with Crippen molar-refractivity contribution < 1.29 is 24.1 Å². The lowest BCUT2D eigenvalue weighted by Crippen LogP contribution is -2.40. The Morgan fingerprint density at radius 2 is 2.24 bits per heavy atom. The van der Waals surface area contributed by atoms with Gasteiger partial charge in [0.05, 0.1) is 13.5 Å². The van der Waals surface area contributed by atoms with Crippen LogP contribution in [0.4, 0.5) is 0 Å². The lowest BCUT2D eigenvalue weighted by molar-refractivity contribution is -0.144. The highest BCUT2D eigenvalue weighted by Gasteiger charge is 2.29. The summed E-state index contributed by atoms with van der Waals surface area (Å²) >= 11 is 0. The molecule has 5 nitrogen and oxygen atoms in total. The van der Waals surface area contributed by atoms with Crippen molar-refractivity contribution in [1.82, 2.24) is 0 Å². The number of hydrogen-bond acceptors (Lipinski definition) is 5. The lowest BCUT2D eigenvalue weighted by atomic mass is 10.1. The van der Waals surface area contributed by atoms with Gasteiger partial charge in [0.15, 0.2) is 17.6 Å². The van der Waals surface area contributed by atoms with Gasteiger partial charge in [0.1, 0.15) is 12.7 Å². The van der Waals surface area contributed by atoms with Gasteiger partial charge in [0, 0.05) is 0 Å².